The topological polar surface area (TPSA) is 303 Å². The molecule has 370 valence electrons. The zero-order valence-corrected chi connectivity index (χ0v) is 39.8. The van der Waals surface area contributed by atoms with E-state index < -0.39 is 91.3 Å². The first-order chi connectivity index (χ1) is 29.8. The van der Waals surface area contributed by atoms with Crippen LogP contribution in [0.3, 0.4) is 0 Å². The van der Waals surface area contributed by atoms with E-state index in [1.54, 1.807) is 0 Å². The van der Waals surface area contributed by atoms with Gasteiger partial charge in [0.2, 0.25) is 0 Å². The molecule has 1 rings (SSSR count). The van der Waals surface area contributed by atoms with E-state index >= 15 is 0 Å². The zero-order chi connectivity index (χ0) is 47.2. The van der Waals surface area contributed by atoms with Crippen molar-refractivity contribution in [2.45, 2.75) is 211 Å². The fourth-order valence-corrected chi connectivity index (χ4v) is 8.95. The summed E-state index contributed by atoms with van der Waals surface area (Å²) < 4.78 is 65.3. The summed E-state index contributed by atoms with van der Waals surface area (Å²) in [6.45, 7) is 2.85. The van der Waals surface area contributed by atoms with Gasteiger partial charge in [0.25, 0.3) is 0 Å². The third kappa shape index (κ3) is 30.5. The Morgan fingerprint density at radius 1 is 0.508 bits per heavy atom. The number of carbonyl (C=O) groups excluding carboxylic acids is 2. The average Bonchev–Trinajstić information content (AvgIpc) is 3.20. The van der Waals surface area contributed by atoms with Crippen molar-refractivity contribution in [3.63, 3.8) is 0 Å². The lowest BCUT2D eigenvalue weighted by Crippen LogP contribution is -2.65. The average molecular weight is 967 g/mol. The Balaban J connectivity index is 2.77. The van der Waals surface area contributed by atoms with Crippen molar-refractivity contribution in [3.05, 3.63) is 24.3 Å². The molecular formula is C41H77O19P3. The van der Waals surface area contributed by atoms with Gasteiger partial charge in [0.1, 0.15) is 43.2 Å². The Morgan fingerprint density at radius 3 is 1.46 bits per heavy atom. The first-order valence-electron chi connectivity index (χ1n) is 22.6. The standard InChI is InChI=1S/C41H77O19P3/c1-3-5-7-9-11-13-15-17-19-21-23-25-27-29-34(42)55-31-33(57-35(43)30-28-26-24-22-20-18-16-14-12-10-8-6-4-2)32-56-63(53,54)60-39-36(44)37(45)40(58-61(47,48)49)41(38(39)46)59-62(50,51)52/h7,9,13,15,33,36-41,44-46H,3-6,8,10-12,14,16-32H2,1-2H3,(H,53,54)(H2,47,48,49)(H2,50,51,52)/b9-7-,15-13-/t33-,36?,37?,38?,39+,40?,41+/m1/s1. The van der Waals surface area contributed by atoms with Crippen molar-refractivity contribution < 1.29 is 90.6 Å². The second kappa shape index (κ2) is 34.0. The lowest BCUT2D eigenvalue weighted by Gasteiger charge is -2.44. The molecule has 0 amide bonds. The molecule has 1 aliphatic carbocycles. The predicted molar refractivity (Wildman–Crippen MR) is 234 cm³/mol. The van der Waals surface area contributed by atoms with Gasteiger partial charge in [-0.25, -0.2) is 13.7 Å². The maximum absolute atomic E-state index is 13.1. The summed E-state index contributed by atoms with van der Waals surface area (Å²) in [7, 11) is -16.6. The van der Waals surface area contributed by atoms with E-state index in [-0.39, 0.29) is 12.8 Å². The van der Waals surface area contributed by atoms with Crippen LogP contribution in [0, 0.1) is 0 Å². The van der Waals surface area contributed by atoms with Crippen LogP contribution in [0.4, 0.5) is 0 Å². The molecule has 1 aliphatic rings. The Hall–Kier alpha value is -1.37. The van der Waals surface area contributed by atoms with Crippen LogP contribution in [0.25, 0.3) is 0 Å². The molecule has 0 saturated heterocycles. The maximum atomic E-state index is 13.1. The van der Waals surface area contributed by atoms with Crippen LogP contribution in [0.5, 0.6) is 0 Å². The van der Waals surface area contributed by atoms with Crippen molar-refractivity contribution in [1.29, 1.82) is 0 Å². The summed E-state index contributed by atoms with van der Waals surface area (Å²) in [5, 5.41) is 31.8. The van der Waals surface area contributed by atoms with Gasteiger partial charge in [-0.2, -0.15) is 0 Å². The van der Waals surface area contributed by atoms with Gasteiger partial charge in [0.05, 0.1) is 6.61 Å². The van der Waals surface area contributed by atoms with Gasteiger partial charge in [-0.15, -0.1) is 0 Å². The molecule has 0 aromatic heterocycles. The van der Waals surface area contributed by atoms with Gasteiger partial charge in [0, 0.05) is 12.8 Å². The van der Waals surface area contributed by atoms with Crippen LogP contribution < -0.4 is 0 Å². The minimum absolute atomic E-state index is 0.00154. The minimum Gasteiger partial charge on any atom is -0.462 e. The van der Waals surface area contributed by atoms with Crippen LogP contribution in [-0.4, -0.2) is 108 Å². The zero-order valence-electron chi connectivity index (χ0n) is 37.1. The van der Waals surface area contributed by atoms with Crippen LogP contribution in [0.2, 0.25) is 0 Å². The summed E-state index contributed by atoms with van der Waals surface area (Å²) in [5.41, 5.74) is 0. The van der Waals surface area contributed by atoms with Crippen molar-refractivity contribution in [2.24, 2.45) is 0 Å². The number of esters is 2. The highest BCUT2D eigenvalue weighted by atomic mass is 31.2. The van der Waals surface area contributed by atoms with E-state index in [9.17, 15) is 63.1 Å². The Labute approximate surface area is 373 Å². The molecule has 0 spiro atoms. The van der Waals surface area contributed by atoms with Crippen LogP contribution in [0.1, 0.15) is 168 Å². The van der Waals surface area contributed by atoms with Crippen LogP contribution in [0.15, 0.2) is 24.3 Å². The molecule has 0 radical (unpaired) electrons. The molecule has 0 bridgehead atoms. The second-order valence-electron chi connectivity index (χ2n) is 16.0. The molecule has 5 unspecified atom stereocenters. The molecule has 63 heavy (non-hydrogen) atoms. The Kier molecular flexibility index (Phi) is 32.2. The van der Waals surface area contributed by atoms with E-state index in [2.05, 4.69) is 47.2 Å². The minimum atomic E-state index is -5.60. The number of hydrogen-bond donors (Lipinski definition) is 8. The third-order valence-corrected chi connectivity index (χ3v) is 12.3. The summed E-state index contributed by atoms with van der Waals surface area (Å²) in [6, 6.07) is 0. The van der Waals surface area contributed by atoms with Crippen molar-refractivity contribution in [2.75, 3.05) is 13.2 Å². The van der Waals surface area contributed by atoms with E-state index in [1.807, 2.05) is 0 Å². The molecule has 8 atom stereocenters. The lowest BCUT2D eigenvalue weighted by molar-refractivity contribution is -0.213. The molecule has 19 nitrogen and oxygen atoms in total. The number of aliphatic hydroxyl groups is 3. The van der Waals surface area contributed by atoms with Crippen LogP contribution >= 0.6 is 23.5 Å². The number of hydrogen-bond acceptors (Lipinski definition) is 14. The van der Waals surface area contributed by atoms with Gasteiger partial charge >= 0.3 is 35.4 Å². The van der Waals surface area contributed by atoms with Gasteiger partial charge in [0.15, 0.2) is 6.10 Å². The third-order valence-electron chi connectivity index (χ3n) is 10.2. The number of phosphoric ester groups is 3. The molecule has 22 heteroatoms. The summed E-state index contributed by atoms with van der Waals surface area (Å²) >= 11 is 0. The Bertz CT molecular complexity index is 1440. The molecule has 1 saturated carbocycles. The van der Waals surface area contributed by atoms with Gasteiger partial charge < -0.3 is 49.3 Å². The maximum Gasteiger partial charge on any atom is 0.472 e. The fraction of sp³-hybridized carbons (Fsp3) is 0.854. The smallest absolute Gasteiger partial charge is 0.462 e. The number of aliphatic hydroxyl groups excluding tert-OH is 3. The van der Waals surface area contributed by atoms with E-state index in [4.69, 9.17) is 18.5 Å². The fourth-order valence-electron chi connectivity index (χ4n) is 6.86. The molecular weight excluding hydrogens is 889 g/mol. The van der Waals surface area contributed by atoms with E-state index in [0.29, 0.717) is 12.8 Å². The molecule has 0 aromatic carbocycles. The van der Waals surface area contributed by atoms with Gasteiger partial charge in [-0.3, -0.25) is 27.7 Å². The largest absolute Gasteiger partial charge is 0.472 e. The SMILES string of the molecule is CCC/C=C\C/C=C\CCCCCCCC(=O)OC[C@H](COP(=O)(O)O[C@H]1C(O)C(O)C(OP(=O)(O)O)[C@@H](OP(=O)(O)O)C1O)OC(=O)CCCCCCCCCCCCCCC. The van der Waals surface area contributed by atoms with Gasteiger partial charge in [-0.1, -0.05) is 141 Å². The molecule has 8 N–H and O–H groups in total. The van der Waals surface area contributed by atoms with Crippen molar-refractivity contribution in [1.82, 2.24) is 0 Å². The van der Waals surface area contributed by atoms with E-state index in [1.165, 1.54) is 44.9 Å². The van der Waals surface area contributed by atoms with Crippen LogP contribution in [-0.2, 0) is 50.9 Å². The summed E-state index contributed by atoms with van der Waals surface area (Å²) in [6.07, 6.45) is 15.0. The quantitative estimate of drug-likeness (QED) is 0.0128. The first kappa shape index (κ1) is 59.6. The number of rotatable bonds is 38. The van der Waals surface area contributed by atoms with Crippen molar-refractivity contribution in [3.8, 4) is 0 Å². The number of allylic oxidation sites excluding steroid dienone is 4. The highest BCUT2D eigenvalue weighted by Crippen LogP contribution is 2.51. The van der Waals surface area contributed by atoms with Crippen molar-refractivity contribution >= 4 is 35.4 Å². The number of carbonyl (C=O) groups is 2. The Morgan fingerprint density at radius 2 is 0.952 bits per heavy atom. The highest BCUT2D eigenvalue weighted by Gasteiger charge is 2.56. The molecule has 0 aliphatic heterocycles. The molecule has 1 fully saturated rings. The lowest BCUT2D eigenvalue weighted by atomic mass is 9.85. The molecule has 0 aromatic rings. The monoisotopic (exact) mass is 966 g/mol. The number of ether oxygens (including phenoxy) is 2. The number of unbranched alkanes of at least 4 members (excludes halogenated alkanes) is 18. The van der Waals surface area contributed by atoms with E-state index in [0.717, 1.165) is 83.5 Å². The number of phosphoric acid groups is 3. The predicted octanol–water partition coefficient (Wildman–Crippen LogP) is 7.51. The second-order valence-corrected chi connectivity index (χ2v) is 19.8. The summed E-state index contributed by atoms with van der Waals surface area (Å²) in [4.78, 5) is 73.0. The highest BCUT2D eigenvalue weighted by molar-refractivity contribution is 7.47. The molecule has 0 heterocycles. The first-order valence-corrected chi connectivity index (χ1v) is 27.2. The van der Waals surface area contributed by atoms with Gasteiger partial charge in [-0.05, 0) is 38.5 Å². The summed E-state index contributed by atoms with van der Waals surface area (Å²) in [5.74, 6) is -1.31. The normalized spacial score (nSPS) is 22.4.